The molecule has 1 atom stereocenters. The van der Waals surface area contributed by atoms with E-state index in [0.717, 1.165) is 13.6 Å². The average Bonchev–Trinajstić information content (AvgIpc) is 3.27. The Balaban J connectivity index is 1.64. The SMILES string of the molecule is CCOC(=O)C1=C(C)N=c2s/c(=C\c3cc(Br)cc(I)c3OCc3ccccc3F)c(=O)n2[C@H]1c1ccc(OCC)cc1. The van der Waals surface area contributed by atoms with Crippen LogP contribution in [0.1, 0.15) is 43.5 Å². The monoisotopic (exact) mass is 776 g/mol. The van der Waals surface area contributed by atoms with Gasteiger partial charge in [-0.3, -0.25) is 9.36 Å². The molecule has 7 nitrogen and oxygen atoms in total. The molecule has 1 aliphatic rings. The van der Waals surface area contributed by atoms with E-state index in [0.29, 0.717) is 49.8 Å². The van der Waals surface area contributed by atoms with Crippen molar-refractivity contribution in [1.82, 2.24) is 4.57 Å². The van der Waals surface area contributed by atoms with Crippen LogP contribution < -0.4 is 24.4 Å². The van der Waals surface area contributed by atoms with Crippen molar-refractivity contribution in [2.24, 2.45) is 4.99 Å². The number of hydrogen-bond acceptors (Lipinski definition) is 7. The molecular formula is C32H27BrFIN2O5S. The number of nitrogens with zero attached hydrogens (tertiary/aromatic N) is 2. The maximum atomic E-state index is 14.3. The highest BCUT2D eigenvalue weighted by Gasteiger charge is 2.33. The molecule has 3 aromatic carbocycles. The Kier molecular flexibility index (Phi) is 9.82. The normalized spacial score (nSPS) is 14.7. The lowest BCUT2D eigenvalue weighted by Crippen LogP contribution is -2.39. The zero-order chi connectivity index (χ0) is 30.7. The topological polar surface area (TPSA) is 79.1 Å². The third kappa shape index (κ3) is 6.63. The van der Waals surface area contributed by atoms with Crippen LogP contribution >= 0.6 is 49.9 Å². The van der Waals surface area contributed by atoms with E-state index in [2.05, 4.69) is 43.5 Å². The minimum atomic E-state index is -0.743. The molecule has 222 valence electrons. The number of benzene rings is 3. The molecule has 0 fully saturated rings. The van der Waals surface area contributed by atoms with Crippen LogP contribution in [0, 0.1) is 9.39 Å². The predicted molar refractivity (Wildman–Crippen MR) is 176 cm³/mol. The van der Waals surface area contributed by atoms with E-state index in [-0.39, 0.29) is 24.6 Å². The fourth-order valence-electron chi connectivity index (χ4n) is 4.77. The van der Waals surface area contributed by atoms with Crippen molar-refractivity contribution < 1.29 is 23.4 Å². The molecule has 43 heavy (non-hydrogen) atoms. The number of allylic oxidation sites excluding steroid dienone is 1. The summed E-state index contributed by atoms with van der Waals surface area (Å²) in [5.41, 5.74) is 2.25. The van der Waals surface area contributed by atoms with Gasteiger partial charge in [-0.2, -0.15) is 0 Å². The van der Waals surface area contributed by atoms with Gasteiger partial charge in [-0.1, -0.05) is 57.6 Å². The molecule has 1 aromatic heterocycles. The van der Waals surface area contributed by atoms with Gasteiger partial charge in [-0.25, -0.2) is 14.2 Å². The maximum Gasteiger partial charge on any atom is 0.338 e. The molecule has 0 amide bonds. The number of hydrogen-bond donors (Lipinski definition) is 0. The van der Waals surface area contributed by atoms with Gasteiger partial charge in [0.2, 0.25) is 0 Å². The number of carbonyl (C=O) groups is 1. The highest BCUT2D eigenvalue weighted by Crippen LogP contribution is 2.33. The molecule has 0 saturated heterocycles. The van der Waals surface area contributed by atoms with Crippen molar-refractivity contribution >= 4 is 61.9 Å². The fourth-order valence-corrected chi connectivity index (χ4v) is 7.51. The van der Waals surface area contributed by atoms with Crippen LogP contribution in [0.4, 0.5) is 4.39 Å². The molecule has 0 spiro atoms. The first-order valence-electron chi connectivity index (χ1n) is 13.5. The summed E-state index contributed by atoms with van der Waals surface area (Å²) in [5, 5.41) is 0. The van der Waals surface area contributed by atoms with Crippen LogP contribution in [0.25, 0.3) is 6.08 Å². The summed E-state index contributed by atoms with van der Waals surface area (Å²) in [4.78, 5) is 32.4. The summed E-state index contributed by atoms with van der Waals surface area (Å²) in [6.07, 6.45) is 1.74. The number of aromatic nitrogens is 1. The van der Waals surface area contributed by atoms with Gasteiger partial charge in [0.1, 0.15) is 23.9 Å². The smallest absolute Gasteiger partial charge is 0.338 e. The van der Waals surface area contributed by atoms with E-state index in [1.807, 2.05) is 43.3 Å². The first kappa shape index (κ1) is 31.1. The van der Waals surface area contributed by atoms with Crippen LogP contribution in [0.3, 0.4) is 0 Å². The Labute approximate surface area is 273 Å². The molecular weight excluding hydrogens is 750 g/mol. The van der Waals surface area contributed by atoms with E-state index in [4.69, 9.17) is 14.2 Å². The van der Waals surface area contributed by atoms with Gasteiger partial charge < -0.3 is 14.2 Å². The largest absolute Gasteiger partial charge is 0.494 e. The molecule has 0 bridgehead atoms. The van der Waals surface area contributed by atoms with E-state index >= 15 is 0 Å². The first-order chi connectivity index (χ1) is 20.7. The molecule has 0 unspecified atom stereocenters. The number of ether oxygens (including phenoxy) is 3. The van der Waals surface area contributed by atoms with Crippen LogP contribution in [0.2, 0.25) is 0 Å². The Morgan fingerprint density at radius 3 is 2.56 bits per heavy atom. The minimum absolute atomic E-state index is 0.0201. The van der Waals surface area contributed by atoms with E-state index in [1.54, 1.807) is 38.1 Å². The highest BCUT2D eigenvalue weighted by atomic mass is 127. The summed E-state index contributed by atoms with van der Waals surface area (Å²) >= 11 is 6.91. The summed E-state index contributed by atoms with van der Waals surface area (Å²) in [6, 6.07) is 16.7. The van der Waals surface area contributed by atoms with Gasteiger partial charge in [0.15, 0.2) is 4.80 Å². The molecule has 1 aliphatic heterocycles. The van der Waals surface area contributed by atoms with Crippen LogP contribution in [-0.2, 0) is 16.1 Å². The van der Waals surface area contributed by atoms with E-state index in [9.17, 15) is 14.0 Å². The van der Waals surface area contributed by atoms with Crippen molar-refractivity contribution in [3.05, 3.63) is 122 Å². The zero-order valence-electron chi connectivity index (χ0n) is 23.5. The summed E-state index contributed by atoms with van der Waals surface area (Å²) < 4.78 is 34.9. The second-order valence-electron chi connectivity index (χ2n) is 9.49. The number of carbonyl (C=O) groups excluding carboxylic acids is 1. The van der Waals surface area contributed by atoms with E-state index in [1.165, 1.54) is 22.0 Å². The van der Waals surface area contributed by atoms with Gasteiger partial charge in [0.05, 0.1) is 38.6 Å². The van der Waals surface area contributed by atoms with Crippen LogP contribution in [0.15, 0.2) is 86.2 Å². The fraction of sp³-hybridized carbons (Fsp3) is 0.219. The van der Waals surface area contributed by atoms with Gasteiger partial charge in [-0.05, 0) is 85.3 Å². The van der Waals surface area contributed by atoms with Crippen LogP contribution in [-0.4, -0.2) is 23.8 Å². The number of esters is 1. The number of rotatable bonds is 9. The van der Waals surface area contributed by atoms with Crippen molar-refractivity contribution in [3.8, 4) is 11.5 Å². The zero-order valence-corrected chi connectivity index (χ0v) is 28.1. The summed E-state index contributed by atoms with van der Waals surface area (Å²) in [5.74, 6) is 0.322. The van der Waals surface area contributed by atoms with Crippen molar-refractivity contribution in [2.45, 2.75) is 33.4 Å². The molecule has 0 saturated carbocycles. The summed E-state index contributed by atoms with van der Waals surface area (Å²) in [7, 11) is 0. The van der Waals surface area contributed by atoms with Crippen molar-refractivity contribution in [1.29, 1.82) is 0 Å². The van der Waals surface area contributed by atoms with Gasteiger partial charge in [-0.15, -0.1) is 0 Å². The molecule has 5 rings (SSSR count). The third-order valence-electron chi connectivity index (χ3n) is 6.68. The second kappa shape index (κ2) is 13.6. The molecule has 0 radical (unpaired) electrons. The Morgan fingerprint density at radius 2 is 1.86 bits per heavy atom. The number of fused-ring (bicyclic) bond motifs is 1. The molecule has 11 heteroatoms. The minimum Gasteiger partial charge on any atom is -0.494 e. The quantitative estimate of drug-likeness (QED) is 0.148. The van der Waals surface area contributed by atoms with Gasteiger partial charge in [0.25, 0.3) is 5.56 Å². The Bertz CT molecular complexity index is 1900. The third-order valence-corrected chi connectivity index (χ3v) is 8.92. The summed E-state index contributed by atoms with van der Waals surface area (Å²) in [6.45, 7) is 6.11. The lowest BCUT2D eigenvalue weighted by molar-refractivity contribution is -0.139. The molecule has 2 heterocycles. The molecule has 0 N–H and O–H groups in total. The Hall–Kier alpha value is -3.29. The molecule has 4 aromatic rings. The molecule has 0 aliphatic carbocycles. The second-order valence-corrected chi connectivity index (χ2v) is 12.6. The van der Waals surface area contributed by atoms with Crippen molar-refractivity contribution in [2.75, 3.05) is 13.2 Å². The van der Waals surface area contributed by atoms with Crippen LogP contribution in [0.5, 0.6) is 11.5 Å². The van der Waals surface area contributed by atoms with Crippen molar-refractivity contribution in [3.63, 3.8) is 0 Å². The maximum absolute atomic E-state index is 14.3. The number of halogens is 3. The average molecular weight is 777 g/mol. The predicted octanol–water partition coefficient (Wildman–Crippen LogP) is 6.28. The van der Waals surface area contributed by atoms with E-state index < -0.39 is 12.0 Å². The number of thiazole rings is 1. The Morgan fingerprint density at radius 1 is 1.12 bits per heavy atom. The highest BCUT2D eigenvalue weighted by molar-refractivity contribution is 14.1. The standard InChI is InChI=1S/C32H27BrFIN2O5S/c1-4-40-23-12-10-19(11-13-23)28-27(31(39)41-5-2)18(3)36-32-37(28)30(38)26(43-32)15-21-14-22(33)16-25(35)29(21)42-17-20-8-6-7-9-24(20)34/h6-16,28H,4-5,17H2,1-3H3/b26-15-/t28-/m0/s1. The van der Waals surface area contributed by atoms with Gasteiger partial charge in [0, 0.05) is 15.6 Å². The lowest BCUT2D eigenvalue weighted by Gasteiger charge is -2.24. The lowest BCUT2D eigenvalue weighted by atomic mass is 9.96. The van der Waals surface area contributed by atoms with Gasteiger partial charge >= 0.3 is 5.97 Å². The first-order valence-corrected chi connectivity index (χ1v) is 16.2.